The van der Waals surface area contributed by atoms with Gasteiger partial charge >= 0.3 is 0 Å². The van der Waals surface area contributed by atoms with Crippen molar-refractivity contribution in [1.29, 1.82) is 0 Å². The first-order valence-corrected chi connectivity index (χ1v) is 5.40. The molecule has 1 aromatic heterocycles. The molecule has 2 N–H and O–H groups in total. The molecular formula is C11H17ClN2O2. The molecule has 0 aliphatic carbocycles. The van der Waals surface area contributed by atoms with Crippen molar-refractivity contribution >= 4 is 18.3 Å². The van der Waals surface area contributed by atoms with Crippen LogP contribution in [-0.4, -0.2) is 18.5 Å². The molecule has 1 aromatic rings. The summed E-state index contributed by atoms with van der Waals surface area (Å²) in [6.45, 7) is 1.42. The minimum Gasteiger partial charge on any atom is -0.467 e. The highest BCUT2D eigenvalue weighted by Crippen LogP contribution is 2.07. The van der Waals surface area contributed by atoms with Gasteiger partial charge in [0.05, 0.1) is 18.8 Å². The molecule has 90 valence electrons. The van der Waals surface area contributed by atoms with Gasteiger partial charge < -0.3 is 15.1 Å². The van der Waals surface area contributed by atoms with E-state index in [1.165, 1.54) is 6.42 Å². The predicted molar refractivity (Wildman–Crippen MR) is 63.4 cm³/mol. The van der Waals surface area contributed by atoms with Crippen LogP contribution in [0.4, 0.5) is 0 Å². The molecule has 0 saturated carbocycles. The summed E-state index contributed by atoms with van der Waals surface area (Å²) >= 11 is 0. The van der Waals surface area contributed by atoms with Gasteiger partial charge in [-0.25, -0.2) is 0 Å². The Balaban J connectivity index is 0.00000128. The number of furan rings is 1. The number of hydrogen-bond donors (Lipinski definition) is 2. The van der Waals surface area contributed by atoms with E-state index < -0.39 is 0 Å². The molecule has 1 saturated heterocycles. The maximum absolute atomic E-state index is 11.7. The summed E-state index contributed by atoms with van der Waals surface area (Å²) in [5.41, 5.74) is 0. The van der Waals surface area contributed by atoms with Gasteiger partial charge in [0, 0.05) is 0 Å². The van der Waals surface area contributed by atoms with Crippen LogP contribution in [0.25, 0.3) is 0 Å². The molecule has 2 rings (SSSR count). The molecule has 1 amide bonds. The average Bonchev–Trinajstić information content (AvgIpc) is 2.80. The minimum absolute atomic E-state index is 0. The van der Waals surface area contributed by atoms with Crippen LogP contribution in [0, 0.1) is 0 Å². The van der Waals surface area contributed by atoms with E-state index >= 15 is 0 Å². The lowest BCUT2D eigenvalue weighted by Gasteiger charge is -2.22. The van der Waals surface area contributed by atoms with Crippen molar-refractivity contribution in [2.24, 2.45) is 0 Å². The molecule has 16 heavy (non-hydrogen) atoms. The highest BCUT2D eigenvalue weighted by Gasteiger charge is 2.19. The number of nitrogens with one attached hydrogen (secondary N) is 2. The Morgan fingerprint density at radius 2 is 2.44 bits per heavy atom. The van der Waals surface area contributed by atoms with Crippen molar-refractivity contribution in [1.82, 2.24) is 10.6 Å². The third kappa shape index (κ3) is 3.54. The summed E-state index contributed by atoms with van der Waals surface area (Å²) in [5, 5.41) is 6.07. The van der Waals surface area contributed by atoms with Crippen LogP contribution in [0.5, 0.6) is 0 Å². The lowest BCUT2D eigenvalue weighted by atomic mass is 10.0. The van der Waals surface area contributed by atoms with Crippen LogP contribution < -0.4 is 10.6 Å². The fourth-order valence-electron chi connectivity index (χ4n) is 1.79. The number of carbonyl (C=O) groups excluding carboxylic acids is 1. The first-order chi connectivity index (χ1) is 7.36. The van der Waals surface area contributed by atoms with Crippen molar-refractivity contribution in [2.75, 3.05) is 6.54 Å². The average molecular weight is 245 g/mol. The van der Waals surface area contributed by atoms with Crippen LogP contribution in [-0.2, 0) is 11.3 Å². The Labute approximate surface area is 101 Å². The molecule has 0 aromatic carbocycles. The third-order valence-corrected chi connectivity index (χ3v) is 2.64. The summed E-state index contributed by atoms with van der Waals surface area (Å²) in [6, 6.07) is 3.66. The Morgan fingerprint density at radius 1 is 1.56 bits per heavy atom. The second-order valence-electron chi connectivity index (χ2n) is 3.80. The zero-order chi connectivity index (χ0) is 10.5. The van der Waals surface area contributed by atoms with Gasteiger partial charge in [0.1, 0.15) is 5.76 Å². The molecule has 0 bridgehead atoms. The molecule has 1 aliphatic heterocycles. The number of amides is 1. The second kappa shape index (κ2) is 6.55. The van der Waals surface area contributed by atoms with E-state index in [9.17, 15) is 4.79 Å². The molecule has 1 aliphatic rings. The van der Waals surface area contributed by atoms with Crippen molar-refractivity contribution in [3.63, 3.8) is 0 Å². The van der Waals surface area contributed by atoms with Gasteiger partial charge in [-0.15, -0.1) is 12.4 Å². The standard InChI is InChI=1S/C11H16N2O2.ClH/c14-11(10-5-1-2-6-12-10)13-8-9-4-3-7-15-9;/h3-4,7,10,12H,1-2,5-6,8H2,(H,13,14);1H/t10-;/m0./s1. The molecule has 0 unspecified atom stereocenters. The summed E-state index contributed by atoms with van der Waals surface area (Å²) in [4.78, 5) is 11.7. The Hall–Kier alpha value is -1.00. The lowest BCUT2D eigenvalue weighted by molar-refractivity contribution is -0.123. The Kier molecular flexibility index (Phi) is 5.35. The molecule has 1 fully saturated rings. The summed E-state index contributed by atoms with van der Waals surface area (Å²) < 4.78 is 5.14. The van der Waals surface area contributed by atoms with Crippen LogP contribution in [0.15, 0.2) is 22.8 Å². The monoisotopic (exact) mass is 244 g/mol. The fourth-order valence-corrected chi connectivity index (χ4v) is 1.79. The van der Waals surface area contributed by atoms with E-state index in [1.807, 2.05) is 12.1 Å². The molecule has 0 spiro atoms. The number of piperidine rings is 1. The highest BCUT2D eigenvalue weighted by molar-refractivity contribution is 5.85. The van der Waals surface area contributed by atoms with E-state index in [4.69, 9.17) is 4.42 Å². The van der Waals surface area contributed by atoms with Crippen LogP contribution in [0.2, 0.25) is 0 Å². The van der Waals surface area contributed by atoms with Gasteiger partial charge in [-0.1, -0.05) is 6.42 Å². The Bertz CT molecular complexity index is 308. The zero-order valence-electron chi connectivity index (χ0n) is 9.07. The Morgan fingerprint density at radius 3 is 3.06 bits per heavy atom. The molecule has 5 heteroatoms. The van der Waals surface area contributed by atoms with Crippen molar-refractivity contribution in [3.05, 3.63) is 24.2 Å². The van der Waals surface area contributed by atoms with E-state index in [-0.39, 0.29) is 24.4 Å². The minimum atomic E-state index is -0.0197. The topological polar surface area (TPSA) is 54.3 Å². The normalized spacial score (nSPS) is 19.9. The number of carbonyl (C=O) groups is 1. The summed E-state index contributed by atoms with van der Waals surface area (Å²) in [5.74, 6) is 0.866. The van der Waals surface area contributed by atoms with Gasteiger partial charge in [-0.2, -0.15) is 0 Å². The number of rotatable bonds is 3. The molecular weight excluding hydrogens is 228 g/mol. The maximum atomic E-state index is 11.7. The van der Waals surface area contributed by atoms with E-state index in [1.54, 1.807) is 6.26 Å². The number of halogens is 1. The highest BCUT2D eigenvalue weighted by atomic mass is 35.5. The van der Waals surface area contributed by atoms with Crippen molar-refractivity contribution < 1.29 is 9.21 Å². The van der Waals surface area contributed by atoms with Gasteiger partial charge in [0.2, 0.25) is 5.91 Å². The SMILES string of the molecule is Cl.O=C(NCc1ccco1)[C@@H]1CCCCN1. The molecule has 4 nitrogen and oxygen atoms in total. The second-order valence-corrected chi connectivity index (χ2v) is 3.80. The first-order valence-electron chi connectivity index (χ1n) is 5.40. The number of hydrogen-bond acceptors (Lipinski definition) is 3. The maximum Gasteiger partial charge on any atom is 0.237 e. The van der Waals surface area contributed by atoms with Crippen molar-refractivity contribution in [2.45, 2.75) is 31.8 Å². The van der Waals surface area contributed by atoms with Gasteiger partial charge in [-0.3, -0.25) is 4.79 Å². The van der Waals surface area contributed by atoms with E-state index in [2.05, 4.69) is 10.6 Å². The zero-order valence-corrected chi connectivity index (χ0v) is 9.89. The van der Waals surface area contributed by atoms with Crippen LogP contribution in [0.1, 0.15) is 25.0 Å². The van der Waals surface area contributed by atoms with Gasteiger partial charge in [0.25, 0.3) is 0 Å². The fraction of sp³-hybridized carbons (Fsp3) is 0.545. The quantitative estimate of drug-likeness (QED) is 0.847. The predicted octanol–water partition coefficient (Wildman–Crippen LogP) is 1.46. The van der Waals surface area contributed by atoms with Crippen LogP contribution >= 0.6 is 12.4 Å². The third-order valence-electron chi connectivity index (χ3n) is 2.64. The largest absolute Gasteiger partial charge is 0.467 e. The molecule has 1 atom stereocenters. The smallest absolute Gasteiger partial charge is 0.237 e. The van der Waals surface area contributed by atoms with Gasteiger partial charge in [-0.05, 0) is 31.5 Å². The van der Waals surface area contributed by atoms with Crippen LogP contribution in [0.3, 0.4) is 0 Å². The van der Waals surface area contributed by atoms with Gasteiger partial charge in [0.15, 0.2) is 0 Å². The van der Waals surface area contributed by atoms with E-state index in [0.29, 0.717) is 6.54 Å². The first kappa shape index (κ1) is 13.1. The summed E-state index contributed by atoms with van der Waals surface area (Å²) in [6.07, 6.45) is 4.85. The lowest BCUT2D eigenvalue weighted by Crippen LogP contribution is -2.46. The molecule has 2 heterocycles. The molecule has 0 radical (unpaired) electrons. The summed E-state index contributed by atoms with van der Waals surface area (Å²) in [7, 11) is 0. The van der Waals surface area contributed by atoms with Crippen molar-refractivity contribution in [3.8, 4) is 0 Å². The van der Waals surface area contributed by atoms with E-state index in [0.717, 1.165) is 25.1 Å².